The van der Waals surface area contributed by atoms with Gasteiger partial charge in [0.1, 0.15) is 0 Å². The van der Waals surface area contributed by atoms with E-state index in [1.54, 1.807) is 0 Å². The number of rotatable bonds is 2. The minimum absolute atomic E-state index is 0.0305. The fraction of sp³-hybridized carbons (Fsp3) is 0.737. The van der Waals surface area contributed by atoms with Crippen LogP contribution in [0.25, 0.3) is 0 Å². The second-order valence-corrected chi connectivity index (χ2v) is 17.6. The fourth-order valence-corrected chi connectivity index (χ4v) is 11.9. The molecule has 0 aliphatic heterocycles. The van der Waals surface area contributed by atoms with Crippen LogP contribution in [0, 0.1) is 56.7 Å². The van der Waals surface area contributed by atoms with Gasteiger partial charge in [0.2, 0.25) is 5.91 Å². The number of nitrogens with one attached hydrogen (secondary N) is 1. The summed E-state index contributed by atoms with van der Waals surface area (Å²) in [4.78, 5) is 28.6. The average molecular weight is 574 g/mol. The molecule has 0 unspecified atom stereocenters. The summed E-state index contributed by atoms with van der Waals surface area (Å²) in [6.45, 7) is 20.8. The highest BCUT2D eigenvalue weighted by molar-refractivity contribution is 5.97. The summed E-state index contributed by atoms with van der Waals surface area (Å²) in [5, 5.41) is 14.3. The summed E-state index contributed by atoms with van der Waals surface area (Å²) in [5.41, 5.74) is 2.14. The van der Waals surface area contributed by atoms with Gasteiger partial charge in [-0.2, -0.15) is 0 Å². The molecule has 0 saturated heterocycles. The molecule has 4 heteroatoms. The summed E-state index contributed by atoms with van der Waals surface area (Å²) in [5.74, 6) is 0.718. The zero-order chi connectivity index (χ0) is 30.7. The summed E-state index contributed by atoms with van der Waals surface area (Å²) in [6, 6.07) is 8.08. The van der Waals surface area contributed by atoms with Crippen molar-refractivity contribution in [2.75, 3.05) is 5.32 Å². The maximum atomic E-state index is 14.7. The van der Waals surface area contributed by atoms with Crippen LogP contribution in [0.4, 0.5) is 5.69 Å². The Hall–Kier alpha value is -1.94. The molecule has 4 nitrogen and oxygen atoms in total. The monoisotopic (exact) mass is 573 g/mol. The molecule has 0 radical (unpaired) electrons. The van der Waals surface area contributed by atoms with Gasteiger partial charge in [0, 0.05) is 17.0 Å². The molecular formula is C38H55NO3. The molecule has 230 valence electrons. The van der Waals surface area contributed by atoms with E-state index < -0.39 is 5.41 Å². The normalized spacial score (nSPS) is 47.7. The van der Waals surface area contributed by atoms with Gasteiger partial charge in [0.25, 0.3) is 0 Å². The van der Waals surface area contributed by atoms with Gasteiger partial charge < -0.3 is 10.4 Å². The van der Waals surface area contributed by atoms with E-state index in [1.807, 2.05) is 24.3 Å². The van der Waals surface area contributed by atoms with E-state index in [0.717, 1.165) is 63.5 Å². The summed E-state index contributed by atoms with van der Waals surface area (Å²) in [7, 11) is 0. The van der Waals surface area contributed by atoms with Crippen molar-refractivity contribution < 1.29 is 14.7 Å². The average Bonchev–Trinajstić information content (AvgIpc) is 2.90. The van der Waals surface area contributed by atoms with E-state index in [0.29, 0.717) is 11.7 Å². The van der Waals surface area contributed by atoms with Crippen molar-refractivity contribution in [3.8, 4) is 0 Å². The van der Waals surface area contributed by atoms with E-state index in [2.05, 4.69) is 73.7 Å². The molecule has 5 aliphatic rings. The molecule has 42 heavy (non-hydrogen) atoms. The van der Waals surface area contributed by atoms with E-state index in [1.165, 1.54) is 11.1 Å². The Morgan fingerprint density at radius 1 is 0.833 bits per heavy atom. The molecule has 0 bridgehead atoms. The minimum atomic E-state index is -0.508. The van der Waals surface area contributed by atoms with Gasteiger partial charge >= 0.3 is 0 Å². The maximum Gasteiger partial charge on any atom is 0.230 e. The first-order chi connectivity index (χ1) is 19.4. The largest absolute Gasteiger partial charge is 0.393 e. The molecule has 1 aromatic rings. The Bertz CT molecular complexity index is 1340. The number of aliphatic hydroxyl groups excluding tert-OH is 1. The number of hydrogen-bond donors (Lipinski definition) is 2. The third-order valence-electron chi connectivity index (χ3n) is 15.1. The predicted molar refractivity (Wildman–Crippen MR) is 170 cm³/mol. The first-order valence-electron chi connectivity index (χ1n) is 16.7. The molecule has 1 aromatic carbocycles. The zero-order valence-electron chi connectivity index (χ0n) is 27.7. The number of anilines is 1. The van der Waals surface area contributed by atoms with Gasteiger partial charge in [-0.25, -0.2) is 0 Å². The van der Waals surface area contributed by atoms with Crippen molar-refractivity contribution in [2.24, 2.45) is 49.7 Å². The number of amides is 1. The van der Waals surface area contributed by atoms with Crippen molar-refractivity contribution in [2.45, 2.75) is 126 Å². The van der Waals surface area contributed by atoms with Crippen LogP contribution in [0.5, 0.6) is 0 Å². The molecule has 1 amide bonds. The molecule has 2 N–H and O–H groups in total. The van der Waals surface area contributed by atoms with E-state index >= 15 is 0 Å². The van der Waals surface area contributed by atoms with Crippen LogP contribution >= 0.6 is 0 Å². The van der Waals surface area contributed by atoms with E-state index in [4.69, 9.17) is 0 Å². The zero-order valence-corrected chi connectivity index (χ0v) is 27.7. The van der Waals surface area contributed by atoms with Gasteiger partial charge in [-0.05, 0) is 121 Å². The number of ketones is 1. The number of allylic oxidation sites excluding steroid dienone is 2. The highest BCUT2D eigenvalue weighted by atomic mass is 16.3. The van der Waals surface area contributed by atoms with Gasteiger partial charge in [0.15, 0.2) is 5.78 Å². The number of hydrogen-bond acceptors (Lipinski definition) is 3. The third kappa shape index (κ3) is 3.75. The first kappa shape index (κ1) is 30.1. The number of fused-ring (bicyclic) bond motifs is 7. The lowest BCUT2D eigenvalue weighted by Gasteiger charge is -2.72. The number of aryl methyl sites for hydroxylation is 1. The third-order valence-corrected chi connectivity index (χ3v) is 15.1. The molecule has 4 fully saturated rings. The Morgan fingerprint density at radius 2 is 1.48 bits per heavy atom. The van der Waals surface area contributed by atoms with E-state index in [9.17, 15) is 14.7 Å². The first-order valence-corrected chi connectivity index (χ1v) is 16.7. The van der Waals surface area contributed by atoms with Crippen LogP contribution in [-0.2, 0) is 9.59 Å². The summed E-state index contributed by atoms with van der Waals surface area (Å²) >= 11 is 0. The van der Waals surface area contributed by atoms with Gasteiger partial charge in [-0.15, -0.1) is 0 Å². The lowest BCUT2D eigenvalue weighted by molar-refractivity contribution is -0.207. The lowest BCUT2D eigenvalue weighted by atomic mass is 9.31. The van der Waals surface area contributed by atoms with Crippen LogP contribution < -0.4 is 5.32 Å². The second-order valence-electron chi connectivity index (χ2n) is 17.6. The smallest absolute Gasteiger partial charge is 0.230 e. The SMILES string of the molecule is Cc1ccc(NC(=O)[C@@]2(C)CC[C@]3(C)CC[C@]4(C)C(=CC(=O)[C@@H]5[C@@]6(C)CC[C@H](O)C(C)(C)[C@@H]6CC[C@]54C)[C@]3(C)C2)cc1. The van der Waals surface area contributed by atoms with Crippen LogP contribution in [0.2, 0.25) is 0 Å². The molecule has 6 rings (SSSR count). The van der Waals surface area contributed by atoms with Crippen molar-refractivity contribution >= 4 is 17.4 Å². The molecule has 0 aromatic heterocycles. The van der Waals surface area contributed by atoms with Crippen molar-refractivity contribution in [1.82, 2.24) is 0 Å². The Morgan fingerprint density at radius 3 is 2.14 bits per heavy atom. The highest BCUT2D eigenvalue weighted by Crippen LogP contribution is 2.77. The minimum Gasteiger partial charge on any atom is -0.393 e. The fourth-order valence-electron chi connectivity index (χ4n) is 11.9. The standard InChI is InChI=1S/C38H55NO3/c1-24-10-12-25(13-11-24)39-31(42)33(4)18-19-34(5)20-21-36(7)28(38(34,9)23-33)22-26(40)30-35(6)16-15-29(41)32(2,3)27(35)14-17-37(30,36)8/h10-13,22,27,29-30,41H,14-21,23H2,1-9H3,(H,39,42)/t27-,29-,30+,33-,34+,35-,36+,37+,38-/m0/s1. The van der Waals surface area contributed by atoms with Crippen LogP contribution in [0.3, 0.4) is 0 Å². The number of carbonyl (C=O) groups excluding carboxylic acids is 2. The topological polar surface area (TPSA) is 66.4 Å². The Labute approximate surface area is 254 Å². The number of carbonyl (C=O) groups is 2. The van der Waals surface area contributed by atoms with Crippen LogP contribution in [0.1, 0.15) is 119 Å². The lowest BCUT2D eigenvalue weighted by Crippen LogP contribution is -2.68. The molecule has 5 aliphatic carbocycles. The van der Waals surface area contributed by atoms with Crippen LogP contribution in [-0.4, -0.2) is 22.9 Å². The highest BCUT2D eigenvalue weighted by Gasteiger charge is 2.72. The summed E-state index contributed by atoms with van der Waals surface area (Å²) in [6.07, 6.45) is 10.4. The number of benzene rings is 1. The van der Waals surface area contributed by atoms with Gasteiger partial charge in [-0.3, -0.25) is 9.59 Å². The van der Waals surface area contributed by atoms with Gasteiger partial charge in [-0.1, -0.05) is 78.7 Å². The molecule has 9 atom stereocenters. The predicted octanol–water partition coefficient (Wildman–Crippen LogP) is 8.67. The van der Waals surface area contributed by atoms with Crippen molar-refractivity contribution in [1.29, 1.82) is 0 Å². The summed E-state index contributed by atoms with van der Waals surface area (Å²) < 4.78 is 0. The van der Waals surface area contributed by atoms with Crippen molar-refractivity contribution in [3.63, 3.8) is 0 Å². The molecular weight excluding hydrogens is 518 g/mol. The Kier molecular flexibility index (Phi) is 6.49. The second kappa shape index (κ2) is 9.05. The van der Waals surface area contributed by atoms with Crippen molar-refractivity contribution in [3.05, 3.63) is 41.5 Å². The molecule has 4 saturated carbocycles. The maximum absolute atomic E-state index is 14.7. The van der Waals surface area contributed by atoms with Crippen LogP contribution in [0.15, 0.2) is 35.9 Å². The van der Waals surface area contributed by atoms with E-state index in [-0.39, 0.29) is 50.4 Å². The number of aliphatic hydroxyl groups is 1. The molecule has 0 heterocycles. The Balaban J connectivity index is 1.40. The molecule has 0 spiro atoms. The van der Waals surface area contributed by atoms with Gasteiger partial charge in [0.05, 0.1) is 6.10 Å². The quantitative estimate of drug-likeness (QED) is 0.372.